The van der Waals surface area contributed by atoms with Crippen LogP contribution in [-0.2, 0) is 21.4 Å². The summed E-state index contributed by atoms with van der Waals surface area (Å²) in [7, 11) is -4.12. The van der Waals surface area contributed by atoms with Crippen LogP contribution >= 0.6 is 23.2 Å². The number of sulfonamides is 1. The third kappa shape index (κ3) is 5.74. The van der Waals surface area contributed by atoms with Crippen LogP contribution in [0.2, 0.25) is 10.0 Å². The molecule has 1 fully saturated rings. The zero-order valence-electron chi connectivity index (χ0n) is 17.9. The van der Waals surface area contributed by atoms with Crippen molar-refractivity contribution in [2.45, 2.75) is 50.6 Å². The lowest BCUT2D eigenvalue weighted by Gasteiger charge is -2.33. The van der Waals surface area contributed by atoms with Gasteiger partial charge in [-0.2, -0.15) is 4.72 Å². The van der Waals surface area contributed by atoms with E-state index in [1.54, 1.807) is 22.6 Å². The van der Waals surface area contributed by atoms with E-state index in [0.29, 0.717) is 29.6 Å². The predicted molar refractivity (Wildman–Crippen MR) is 123 cm³/mol. The number of imidazole rings is 1. The number of rotatable bonds is 8. The molecule has 176 valence electrons. The van der Waals surface area contributed by atoms with Crippen molar-refractivity contribution in [1.29, 1.82) is 0 Å². The standard InChI is InChI=1S/C20H27Cl2N5O4S/c1-13-3-7-26(8-4-13)19(28)17(5-9-27-10-6-23-20(27)24-29)25-32(30,31)18-14(2)11-15(21)12-16(18)22/h6,10-13,17,25,29H,3-5,7-9H2,1-2H3,(H,23,24). The number of amides is 1. The molecule has 1 amide bonds. The van der Waals surface area contributed by atoms with Gasteiger partial charge in [-0.1, -0.05) is 30.1 Å². The summed E-state index contributed by atoms with van der Waals surface area (Å²) in [5, 5.41) is 9.50. The molecule has 1 aliphatic rings. The fraction of sp³-hybridized carbons (Fsp3) is 0.500. The largest absolute Gasteiger partial charge is 0.341 e. The molecule has 0 saturated carbocycles. The van der Waals surface area contributed by atoms with Crippen LogP contribution < -0.4 is 10.2 Å². The first-order valence-electron chi connectivity index (χ1n) is 10.3. The number of piperidine rings is 1. The number of nitrogens with one attached hydrogen (secondary N) is 2. The molecule has 1 atom stereocenters. The summed E-state index contributed by atoms with van der Waals surface area (Å²) in [5.41, 5.74) is 2.36. The van der Waals surface area contributed by atoms with Crippen molar-refractivity contribution in [1.82, 2.24) is 19.2 Å². The number of nitrogens with zero attached hydrogens (tertiary/aromatic N) is 3. The Balaban J connectivity index is 1.86. The second-order valence-electron chi connectivity index (χ2n) is 8.06. The van der Waals surface area contributed by atoms with Gasteiger partial charge in [0.05, 0.1) is 5.02 Å². The van der Waals surface area contributed by atoms with E-state index in [2.05, 4.69) is 16.6 Å². The Labute approximate surface area is 197 Å². The Hall–Kier alpha value is -1.85. The van der Waals surface area contributed by atoms with E-state index in [-0.39, 0.29) is 34.7 Å². The van der Waals surface area contributed by atoms with Crippen LogP contribution in [0.25, 0.3) is 0 Å². The third-order valence-electron chi connectivity index (χ3n) is 5.63. The summed E-state index contributed by atoms with van der Waals surface area (Å²) in [5.74, 6) is 0.429. The van der Waals surface area contributed by atoms with Gasteiger partial charge in [0.2, 0.25) is 21.9 Å². The van der Waals surface area contributed by atoms with Gasteiger partial charge in [0, 0.05) is 37.1 Å². The van der Waals surface area contributed by atoms with Gasteiger partial charge < -0.3 is 9.47 Å². The SMILES string of the molecule is Cc1cc(Cl)cc(Cl)c1S(=O)(=O)NC(CCn1ccnc1NO)C(=O)N1CCC(C)CC1. The van der Waals surface area contributed by atoms with Gasteiger partial charge in [-0.3, -0.25) is 10.0 Å². The first-order valence-corrected chi connectivity index (χ1v) is 12.5. The number of halogens is 2. The second kappa shape index (κ2) is 10.4. The van der Waals surface area contributed by atoms with E-state index in [1.807, 2.05) is 5.48 Å². The Bertz CT molecular complexity index is 1040. The lowest BCUT2D eigenvalue weighted by Crippen LogP contribution is -2.51. The minimum atomic E-state index is -4.12. The monoisotopic (exact) mass is 503 g/mol. The topological polar surface area (TPSA) is 117 Å². The summed E-state index contributed by atoms with van der Waals surface area (Å²) in [6, 6.07) is 1.85. The lowest BCUT2D eigenvalue weighted by molar-refractivity contribution is -0.134. The number of aryl methyl sites for hydroxylation is 2. The normalized spacial score (nSPS) is 16.2. The minimum absolute atomic E-state index is 0.0122. The van der Waals surface area contributed by atoms with Crippen molar-refractivity contribution in [3.8, 4) is 0 Å². The van der Waals surface area contributed by atoms with Crippen molar-refractivity contribution >= 4 is 45.1 Å². The number of aromatic nitrogens is 2. The van der Waals surface area contributed by atoms with E-state index >= 15 is 0 Å². The van der Waals surface area contributed by atoms with Crippen molar-refractivity contribution in [2.75, 3.05) is 18.6 Å². The number of carbonyl (C=O) groups is 1. The Kier molecular flexibility index (Phi) is 8.05. The Morgan fingerprint density at radius 2 is 2.00 bits per heavy atom. The number of carbonyl (C=O) groups excluding carboxylic acids is 1. The van der Waals surface area contributed by atoms with Gasteiger partial charge in [0.15, 0.2) is 0 Å². The molecule has 2 heterocycles. The zero-order chi connectivity index (χ0) is 23.5. The quantitative estimate of drug-likeness (QED) is 0.475. The lowest BCUT2D eigenvalue weighted by atomic mass is 9.98. The number of anilines is 1. The number of hydrogen-bond acceptors (Lipinski definition) is 6. The fourth-order valence-electron chi connectivity index (χ4n) is 3.83. The van der Waals surface area contributed by atoms with Gasteiger partial charge in [0.1, 0.15) is 10.9 Å². The third-order valence-corrected chi connectivity index (χ3v) is 7.93. The number of likely N-dealkylation sites (tertiary alicyclic amines) is 1. The maximum absolute atomic E-state index is 13.3. The average Bonchev–Trinajstić information content (AvgIpc) is 3.17. The molecule has 0 aliphatic carbocycles. The Morgan fingerprint density at radius 1 is 1.31 bits per heavy atom. The van der Waals surface area contributed by atoms with E-state index in [9.17, 15) is 18.4 Å². The van der Waals surface area contributed by atoms with Crippen molar-refractivity contribution < 1.29 is 18.4 Å². The van der Waals surface area contributed by atoms with Crippen molar-refractivity contribution in [2.24, 2.45) is 5.92 Å². The first kappa shape index (κ1) is 24.8. The van der Waals surface area contributed by atoms with E-state index in [4.69, 9.17) is 23.2 Å². The highest BCUT2D eigenvalue weighted by atomic mass is 35.5. The van der Waals surface area contributed by atoms with Gasteiger partial charge in [-0.25, -0.2) is 18.9 Å². The summed E-state index contributed by atoms with van der Waals surface area (Å²) < 4.78 is 30.6. The highest BCUT2D eigenvalue weighted by Crippen LogP contribution is 2.29. The van der Waals surface area contributed by atoms with E-state index in [0.717, 1.165) is 12.8 Å². The molecule has 2 aromatic rings. The molecule has 0 spiro atoms. The zero-order valence-corrected chi connectivity index (χ0v) is 20.2. The molecule has 1 unspecified atom stereocenters. The van der Waals surface area contributed by atoms with Gasteiger partial charge in [-0.05, 0) is 49.8 Å². The molecule has 9 nitrogen and oxygen atoms in total. The molecule has 0 bridgehead atoms. The summed E-state index contributed by atoms with van der Waals surface area (Å²) >= 11 is 12.2. The highest BCUT2D eigenvalue weighted by Gasteiger charge is 2.32. The van der Waals surface area contributed by atoms with Gasteiger partial charge >= 0.3 is 0 Å². The van der Waals surface area contributed by atoms with Crippen LogP contribution in [0.15, 0.2) is 29.4 Å². The maximum Gasteiger partial charge on any atom is 0.243 e. The first-order chi connectivity index (χ1) is 15.1. The second-order valence-corrected chi connectivity index (χ2v) is 10.6. The maximum atomic E-state index is 13.3. The van der Waals surface area contributed by atoms with E-state index in [1.165, 1.54) is 18.3 Å². The average molecular weight is 504 g/mol. The summed E-state index contributed by atoms with van der Waals surface area (Å²) in [6.07, 6.45) is 5.00. The smallest absolute Gasteiger partial charge is 0.243 e. The van der Waals surface area contributed by atoms with Gasteiger partial charge in [0.25, 0.3) is 0 Å². The molecule has 3 rings (SSSR count). The van der Waals surface area contributed by atoms with Crippen molar-refractivity contribution in [3.63, 3.8) is 0 Å². The van der Waals surface area contributed by atoms with Crippen LogP contribution in [0.3, 0.4) is 0 Å². The summed E-state index contributed by atoms with van der Waals surface area (Å²) in [6.45, 7) is 5.13. The number of hydrogen-bond donors (Lipinski definition) is 3. The minimum Gasteiger partial charge on any atom is -0.341 e. The van der Waals surface area contributed by atoms with Crippen LogP contribution in [0.5, 0.6) is 0 Å². The fourth-order valence-corrected chi connectivity index (χ4v) is 6.24. The summed E-state index contributed by atoms with van der Waals surface area (Å²) in [4.78, 5) is 18.8. The van der Waals surface area contributed by atoms with Crippen molar-refractivity contribution in [3.05, 3.63) is 40.1 Å². The molecule has 1 aromatic heterocycles. The van der Waals surface area contributed by atoms with Crippen LogP contribution in [0.1, 0.15) is 31.7 Å². The molecule has 3 N–H and O–H groups in total. The van der Waals surface area contributed by atoms with E-state index < -0.39 is 16.1 Å². The molecular weight excluding hydrogens is 477 g/mol. The van der Waals surface area contributed by atoms with Crippen LogP contribution in [0.4, 0.5) is 5.95 Å². The van der Waals surface area contributed by atoms with Crippen LogP contribution in [0, 0.1) is 12.8 Å². The predicted octanol–water partition coefficient (Wildman–Crippen LogP) is 3.30. The molecular formula is C20H27Cl2N5O4S. The Morgan fingerprint density at radius 3 is 2.62 bits per heavy atom. The molecule has 1 aliphatic heterocycles. The molecule has 1 aromatic carbocycles. The molecule has 1 saturated heterocycles. The molecule has 12 heteroatoms. The molecule has 0 radical (unpaired) electrons. The highest BCUT2D eigenvalue weighted by molar-refractivity contribution is 7.89. The van der Waals surface area contributed by atoms with Crippen LogP contribution in [-0.4, -0.2) is 53.1 Å². The number of benzene rings is 1. The molecule has 32 heavy (non-hydrogen) atoms. The van der Waals surface area contributed by atoms with Gasteiger partial charge in [-0.15, -0.1) is 0 Å².